The van der Waals surface area contributed by atoms with E-state index in [1.54, 1.807) is 32.4 Å². The summed E-state index contributed by atoms with van der Waals surface area (Å²) >= 11 is 0. The van der Waals surface area contributed by atoms with Gasteiger partial charge in [-0.25, -0.2) is 5.43 Å². The number of nitrogens with one attached hydrogen (secondary N) is 1. The number of amides is 1. The first-order valence-electron chi connectivity index (χ1n) is 6.17. The minimum atomic E-state index is -0.285. The van der Waals surface area contributed by atoms with E-state index in [1.807, 2.05) is 6.92 Å². The van der Waals surface area contributed by atoms with Gasteiger partial charge in [-0.3, -0.25) is 4.79 Å². The molecule has 0 unspecified atom stereocenters. The Morgan fingerprint density at radius 3 is 2.26 bits per heavy atom. The zero-order chi connectivity index (χ0) is 14.3. The highest BCUT2D eigenvalue weighted by atomic mass is 16.5. The summed E-state index contributed by atoms with van der Waals surface area (Å²) < 4.78 is 10.2. The average molecular weight is 264 g/mol. The Morgan fingerprint density at radius 2 is 1.79 bits per heavy atom. The topological polar surface area (TPSA) is 59.9 Å². The van der Waals surface area contributed by atoms with Crippen LogP contribution >= 0.6 is 0 Å². The quantitative estimate of drug-likeness (QED) is 0.634. The number of hydrogen-bond donors (Lipinski definition) is 1. The van der Waals surface area contributed by atoms with Gasteiger partial charge in [-0.05, 0) is 25.5 Å². The third-order valence-corrected chi connectivity index (χ3v) is 2.57. The lowest BCUT2D eigenvalue weighted by molar-refractivity contribution is 0.0954. The van der Waals surface area contributed by atoms with Gasteiger partial charge in [0.2, 0.25) is 0 Å². The van der Waals surface area contributed by atoms with Gasteiger partial charge in [-0.15, -0.1) is 0 Å². The maximum absolute atomic E-state index is 12.0. The Morgan fingerprint density at radius 1 is 1.21 bits per heavy atom. The molecule has 0 atom stereocenters. The monoisotopic (exact) mass is 264 g/mol. The third kappa shape index (κ3) is 4.62. The standard InChI is InChI=1S/C14H20N2O3/c1-5-6-10(2)15-16-14(17)11-7-12(18-3)9-13(8-11)19-4/h7-9H,5-6H2,1-4H3,(H,16,17)/b15-10-. The highest BCUT2D eigenvalue weighted by molar-refractivity contribution is 5.96. The molecule has 5 heteroatoms. The Hall–Kier alpha value is -2.04. The number of ether oxygens (including phenoxy) is 2. The smallest absolute Gasteiger partial charge is 0.271 e. The maximum atomic E-state index is 12.0. The molecule has 0 radical (unpaired) electrons. The van der Waals surface area contributed by atoms with Gasteiger partial charge in [-0.2, -0.15) is 5.10 Å². The second kappa shape index (κ2) is 7.41. The number of hydrazone groups is 1. The summed E-state index contributed by atoms with van der Waals surface area (Å²) in [6.07, 6.45) is 1.86. The van der Waals surface area contributed by atoms with E-state index < -0.39 is 0 Å². The number of carbonyl (C=O) groups excluding carboxylic acids is 1. The first-order chi connectivity index (χ1) is 9.10. The predicted molar refractivity (Wildman–Crippen MR) is 75.0 cm³/mol. The SMILES string of the molecule is CCC/C(C)=N\NC(=O)c1cc(OC)cc(OC)c1. The fourth-order valence-corrected chi connectivity index (χ4v) is 1.57. The summed E-state index contributed by atoms with van der Waals surface area (Å²) in [5.41, 5.74) is 3.87. The van der Waals surface area contributed by atoms with Crippen LogP contribution in [0.4, 0.5) is 0 Å². The van der Waals surface area contributed by atoms with Crippen LogP contribution in [0, 0.1) is 0 Å². The van der Waals surface area contributed by atoms with Crippen LogP contribution in [0.15, 0.2) is 23.3 Å². The fraction of sp³-hybridized carbons (Fsp3) is 0.429. The second-order valence-electron chi connectivity index (χ2n) is 4.14. The molecule has 1 rings (SSSR count). The van der Waals surface area contributed by atoms with Crippen LogP contribution in [0.2, 0.25) is 0 Å². The van der Waals surface area contributed by atoms with Gasteiger partial charge in [0.25, 0.3) is 5.91 Å². The van der Waals surface area contributed by atoms with E-state index in [0.29, 0.717) is 17.1 Å². The molecule has 0 saturated carbocycles. The molecule has 0 aliphatic rings. The Bertz CT molecular complexity index is 448. The fourth-order valence-electron chi connectivity index (χ4n) is 1.57. The molecule has 1 N–H and O–H groups in total. The Kier molecular flexibility index (Phi) is 5.85. The summed E-state index contributed by atoms with van der Waals surface area (Å²) in [5.74, 6) is 0.852. The number of carbonyl (C=O) groups is 1. The van der Waals surface area contributed by atoms with Gasteiger partial charge in [0.15, 0.2) is 0 Å². The molecule has 0 aromatic heterocycles. The predicted octanol–water partition coefficient (Wildman–Crippen LogP) is 2.61. The number of hydrogen-bond acceptors (Lipinski definition) is 4. The van der Waals surface area contributed by atoms with E-state index in [9.17, 15) is 4.79 Å². The van der Waals surface area contributed by atoms with Crippen LogP contribution in [-0.4, -0.2) is 25.8 Å². The molecule has 104 valence electrons. The molecule has 0 aliphatic heterocycles. The first-order valence-corrected chi connectivity index (χ1v) is 6.17. The summed E-state index contributed by atoms with van der Waals surface area (Å²) in [5, 5.41) is 4.04. The highest BCUT2D eigenvalue weighted by Gasteiger charge is 2.09. The van der Waals surface area contributed by atoms with Crippen LogP contribution in [0.1, 0.15) is 37.0 Å². The molecule has 0 fully saturated rings. The lowest BCUT2D eigenvalue weighted by atomic mass is 10.2. The number of benzene rings is 1. The summed E-state index contributed by atoms with van der Waals surface area (Å²) in [6.45, 7) is 3.95. The van der Waals surface area contributed by atoms with E-state index in [2.05, 4.69) is 17.5 Å². The molecule has 1 aromatic carbocycles. The van der Waals surface area contributed by atoms with Gasteiger partial charge in [0.05, 0.1) is 14.2 Å². The van der Waals surface area contributed by atoms with Crippen molar-refractivity contribution < 1.29 is 14.3 Å². The second-order valence-corrected chi connectivity index (χ2v) is 4.14. The van der Waals surface area contributed by atoms with Crippen LogP contribution < -0.4 is 14.9 Å². The van der Waals surface area contributed by atoms with Gasteiger partial charge < -0.3 is 9.47 Å². The summed E-state index contributed by atoms with van der Waals surface area (Å²) in [6, 6.07) is 4.99. The summed E-state index contributed by atoms with van der Waals surface area (Å²) in [4.78, 5) is 12.0. The molecule has 5 nitrogen and oxygen atoms in total. The van der Waals surface area contributed by atoms with E-state index in [-0.39, 0.29) is 5.91 Å². The van der Waals surface area contributed by atoms with Gasteiger partial charge in [0, 0.05) is 17.3 Å². The van der Waals surface area contributed by atoms with Crippen molar-refractivity contribution in [2.24, 2.45) is 5.10 Å². The molecule has 1 amide bonds. The van der Waals surface area contributed by atoms with Crippen LogP contribution in [0.3, 0.4) is 0 Å². The minimum absolute atomic E-state index is 0.285. The van der Waals surface area contributed by atoms with Crippen molar-refractivity contribution in [3.8, 4) is 11.5 Å². The largest absolute Gasteiger partial charge is 0.497 e. The van der Waals surface area contributed by atoms with Crippen molar-refractivity contribution in [3.05, 3.63) is 23.8 Å². The molecular weight excluding hydrogens is 244 g/mol. The highest BCUT2D eigenvalue weighted by Crippen LogP contribution is 2.22. The van der Waals surface area contributed by atoms with Crippen LogP contribution in [0.25, 0.3) is 0 Å². The van der Waals surface area contributed by atoms with Gasteiger partial charge in [-0.1, -0.05) is 13.3 Å². The lowest BCUT2D eigenvalue weighted by Gasteiger charge is -2.07. The maximum Gasteiger partial charge on any atom is 0.271 e. The van der Waals surface area contributed by atoms with Crippen molar-refractivity contribution >= 4 is 11.6 Å². The molecule has 0 heterocycles. The zero-order valence-electron chi connectivity index (χ0n) is 11.8. The van der Waals surface area contributed by atoms with Crippen molar-refractivity contribution in [2.75, 3.05) is 14.2 Å². The number of nitrogens with zero attached hydrogens (tertiary/aromatic N) is 1. The lowest BCUT2D eigenvalue weighted by Crippen LogP contribution is -2.19. The molecule has 0 saturated heterocycles. The van der Waals surface area contributed by atoms with E-state index >= 15 is 0 Å². The number of rotatable bonds is 6. The van der Waals surface area contributed by atoms with E-state index in [0.717, 1.165) is 18.6 Å². The Balaban J connectivity index is 2.84. The normalized spacial score (nSPS) is 11.1. The van der Waals surface area contributed by atoms with Crippen molar-refractivity contribution in [1.29, 1.82) is 0 Å². The average Bonchev–Trinajstić information content (AvgIpc) is 2.44. The van der Waals surface area contributed by atoms with E-state index in [1.165, 1.54) is 0 Å². The van der Waals surface area contributed by atoms with Gasteiger partial charge >= 0.3 is 0 Å². The molecule has 1 aromatic rings. The molecular formula is C14H20N2O3. The van der Waals surface area contributed by atoms with Crippen molar-refractivity contribution in [2.45, 2.75) is 26.7 Å². The summed E-state index contributed by atoms with van der Waals surface area (Å²) in [7, 11) is 3.08. The number of methoxy groups -OCH3 is 2. The van der Waals surface area contributed by atoms with Crippen LogP contribution in [0.5, 0.6) is 11.5 Å². The van der Waals surface area contributed by atoms with Crippen molar-refractivity contribution in [3.63, 3.8) is 0 Å². The molecule has 19 heavy (non-hydrogen) atoms. The Labute approximate surface area is 113 Å². The van der Waals surface area contributed by atoms with Crippen molar-refractivity contribution in [1.82, 2.24) is 5.43 Å². The molecule has 0 aliphatic carbocycles. The molecule has 0 bridgehead atoms. The third-order valence-electron chi connectivity index (χ3n) is 2.57. The molecule has 0 spiro atoms. The van der Waals surface area contributed by atoms with E-state index in [4.69, 9.17) is 9.47 Å². The van der Waals surface area contributed by atoms with Crippen LogP contribution in [-0.2, 0) is 0 Å². The first kappa shape index (κ1) is 15.0. The minimum Gasteiger partial charge on any atom is -0.497 e. The zero-order valence-corrected chi connectivity index (χ0v) is 11.8. The van der Waals surface area contributed by atoms with Gasteiger partial charge in [0.1, 0.15) is 11.5 Å².